The van der Waals surface area contributed by atoms with Gasteiger partial charge in [0.15, 0.2) is 0 Å². The molecule has 0 spiro atoms. The van der Waals surface area contributed by atoms with Gasteiger partial charge in [-0.2, -0.15) is 5.10 Å². The highest BCUT2D eigenvalue weighted by Gasteiger charge is 2.19. The first-order valence-corrected chi connectivity index (χ1v) is 6.86. The van der Waals surface area contributed by atoms with Crippen molar-refractivity contribution in [2.45, 2.75) is 27.7 Å². The molecule has 0 saturated heterocycles. The summed E-state index contributed by atoms with van der Waals surface area (Å²) in [5, 5.41) is 5.07. The fourth-order valence-electron chi connectivity index (χ4n) is 2.84. The van der Waals surface area contributed by atoms with Crippen molar-refractivity contribution in [3.63, 3.8) is 0 Å². The summed E-state index contributed by atoms with van der Waals surface area (Å²) in [6.07, 6.45) is 0. The van der Waals surface area contributed by atoms with Gasteiger partial charge in [-0.25, -0.2) is 4.68 Å². The fraction of sp³-hybridized carbons (Fsp3) is 0.294. The van der Waals surface area contributed by atoms with Gasteiger partial charge in [0.1, 0.15) is 11.3 Å². The van der Waals surface area contributed by atoms with Crippen LogP contribution in [0.5, 0.6) is 0 Å². The Morgan fingerprint density at radius 3 is 2.62 bits per heavy atom. The normalized spacial score (nSPS) is 11.3. The number of aryl methyl sites for hydroxylation is 5. The van der Waals surface area contributed by atoms with E-state index in [1.807, 2.05) is 27.7 Å². The fourth-order valence-corrected chi connectivity index (χ4v) is 2.84. The van der Waals surface area contributed by atoms with E-state index in [1.54, 1.807) is 7.05 Å². The van der Waals surface area contributed by atoms with E-state index >= 15 is 0 Å². The van der Waals surface area contributed by atoms with Crippen LogP contribution in [0.4, 0.5) is 0 Å². The molecule has 21 heavy (non-hydrogen) atoms. The first kappa shape index (κ1) is 13.6. The third-order valence-corrected chi connectivity index (χ3v) is 3.66. The van der Waals surface area contributed by atoms with E-state index in [0.717, 1.165) is 33.4 Å². The van der Waals surface area contributed by atoms with E-state index in [9.17, 15) is 4.79 Å². The Kier molecular flexibility index (Phi) is 2.97. The molecule has 0 bridgehead atoms. The number of hydrogen-bond acceptors (Lipinski definition) is 3. The lowest BCUT2D eigenvalue weighted by Gasteiger charge is -2.04. The van der Waals surface area contributed by atoms with Crippen molar-refractivity contribution in [3.8, 4) is 11.1 Å². The van der Waals surface area contributed by atoms with Gasteiger partial charge in [0, 0.05) is 24.1 Å². The van der Waals surface area contributed by atoms with E-state index in [1.165, 1.54) is 4.68 Å². The molecule has 0 saturated carbocycles. The lowest BCUT2D eigenvalue weighted by Crippen LogP contribution is -2.22. The SMILES string of the molecule is Cc1cc(C)c2oc(C)c(-c3[c]c(C)nn(C)c3=O)c2c1. The van der Waals surface area contributed by atoms with Crippen LogP contribution in [-0.4, -0.2) is 9.78 Å². The van der Waals surface area contributed by atoms with Gasteiger partial charge >= 0.3 is 0 Å². The van der Waals surface area contributed by atoms with Crippen molar-refractivity contribution < 1.29 is 4.42 Å². The van der Waals surface area contributed by atoms with Crippen LogP contribution >= 0.6 is 0 Å². The smallest absolute Gasteiger partial charge is 0.275 e. The monoisotopic (exact) mass is 281 g/mol. The highest BCUT2D eigenvalue weighted by molar-refractivity contribution is 5.97. The molecule has 2 heterocycles. The minimum Gasteiger partial charge on any atom is -0.460 e. The van der Waals surface area contributed by atoms with Gasteiger partial charge in [0.2, 0.25) is 0 Å². The molecule has 0 aliphatic carbocycles. The van der Waals surface area contributed by atoms with E-state index in [-0.39, 0.29) is 5.56 Å². The molecule has 2 aromatic heterocycles. The summed E-state index contributed by atoms with van der Waals surface area (Å²) in [7, 11) is 1.65. The number of benzene rings is 1. The van der Waals surface area contributed by atoms with Crippen LogP contribution in [0.2, 0.25) is 0 Å². The van der Waals surface area contributed by atoms with Crippen LogP contribution in [0.3, 0.4) is 0 Å². The van der Waals surface area contributed by atoms with Crippen molar-refractivity contribution in [3.05, 3.63) is 51.1 Å². The Bertz CT molecular complexity index is 917. The molecule has 107 valence electrons. The molecule has 1 aromatic carbocycles. The lowest BCUT2D eigenvalue weighted by molar-refractivity contribution is 0.577. The van der Waals surface area contributed by atoms with Crippen molar-refractivity contribution >= 4 is 11.0 Å². The van der Waals surface area contributed by atoms with E-state index in [0.29, 0.717) is 11.3 Å². The summed E-state index contributed by atoms with van der Waals surface area (Å²) >= 11 is 0. The van der Waals surface area contributed by atoms with Gasteiger partial charge in [-0.3, -0.25) is 4.79 Å². The number of fused-ring (bicyclic) bond motifs is 1. The van der Waals surface area contributed by atoms with Crippen LogP contribution in [0.25, 0.3) is 22.1 Å². The summed E-state index contributed by atoms with van der Waals surface area (Å²) in [5.74, 6) is 0.734. The topological polar surface area (TPSA) is 48.0 Å². The molecule has 3 rings (SSSR count). The van der Waals surface area contributed by atoms with Crippen LogP contribution < -0.4 is 5.56 Å². The van der Waals surface area contributed by atoms with Crippen LogP contribution in [0, 0.1) is 33.8 Å². The minimum atomic E-state index is -0.162. The molecule has 1 radical (unpaired) electrons. The standard InChI is InChI=1S/C17H17N2O2/c1-9-6-10(2)16-13(7-9)15(12(4)21-16)14-8-11(3)18-19(5)17(14)20/h6-7H,1-5H3. The van der Waals surface area contributed by atoms with Gasteiger partial charge in [-0.1, -0.05) is 6.07 Å². The second-order valence-corrected chi connectivity index (χ2v) is 5.51. The Hall–Kier alpha value is -2.36. The Morgan fingerprint density at radius 1 is 1.19 bits per heavy atom. The number of rotatable bonds is 1. The van der Waals surface area contributed by atoms with Gasteiger partial charge < -0.3 is 4.42 Å². The third-order valence-electron chi connectivity index (χ3n) is 3.66. The summed E-state index contributed by atoms with van der Waals surface area (Å²) in [4.78, 5) is 12.4. The van der Waals surface area contributed by atoms with Gasteiger partial charge in [0.25, 0.3) is 5.56 Å². The molecule has 0 aliphatic heterocycles. The molecular weight excluding hydrogens is 264 g/mol. The molecule has 0 fully saturated rings. The predicted octanol–water partition coefficient (Wildman–Crippen LogP) is 3.23. The van der Waals surface area contributed by atoms with Crippen molar-refractivity contribution in [1.82, 2.24) is 9.78 Å². The highest BCUT2D eigenvalue weighted by atomic mass is 16.3. The highest BCUT2D eigenvalue weighted by Crippen LogP contribution is 2.35. The Morgan fingerprint density at radius 2 is 1.90 bits per heavy atom. The maximum absolute atomic E-state index is 12.4. The zero-order valence-corrected chi connectivity index (χ0v) is 12.9. The predicted molar refractivity (Wildman–Crippen MR) is 82.5 cm³/mol. The maximum atomic E-state index is 12.4. The molecule has 3 aromatic rings. The number of furan rings is 1. The zero-order valence-electron chi connectivity index (χ0n) is 12.9. The van der Waals surface area contributed by atoms with E-state index in [4.69, 9.17) is 4.42 Å². The quantitative estimate of drug-likeness (QED) is 0.688. The molecule has 0 atom stereocenters. The van der Waals surface area contributed by atoms with Crippen molar-refractivity contribution in [2.75, 3.05) is 0 Å². The first-order valence-electron chi connectivity index (χ1n) is 6.86. The van der Waals surface area contributed by atoms with Gasteiger partial charge in [-0.15, -0.1) is 0 Å². The second-order valence-electron chi connectivity index (χ2n) is 5.51. The lowest BCUT2D eigenvalue weighted by atomic mass is 10.0. The molecule has 0 aliphatic rings. The first-order chi connectivity index (χ1) is 9.88. The largest absolute Gasteiger partial charge is 0.460 e. The van der Waals surface area contributed by atoms with Crippen LogP contribution in [0.1, 0.15) is 22.6 Å². The number of nitrogens with zero attached hydrogens (tertiary/aromatic N) is 2. The summed E-state index contributed by atoms with van der Waals surface area (Å²) in [6, 6.07) is 7.22. The summed E-state index contributed by atoms with van der Waals surface area (Å²) in [5.41, 5.74) is 4.91. The van der Waals surface area contributed by atoms with Gasteiger partial charge in [0.05, 0.1) is 11.3 Å². The Labute approximate surface area is 123 Å². The molecule has 4 heteroatoms. The van der Waals surface area contributed by atoms with Crippen molar-refractivity contribution in [1.29, 1.82) is 0 Å². The molecule has 0 amide bonds. The molecule has 4 nitrogen and oxygen atoms in total. The maximum Gasteiger partial charge on any atom is 0.275 e. The minimum absolute atomic E-state index is 0.162. The average molecular weight is 281 g/mol. The second kappa shape index (κ2) is 4.58. The molecule has 0 N–H and O–H groups in total. The third kappa shape index (κ3) is 2.07. The number of hydrogen-bond donors (Lipinski definition) is 0. The average Bonchev–Trinajstić information content (AvgIpc) is 2.71. The van der Waals surface area contributed by atoms with Crippen molar-refractivity contribution in [2.24, 2.45) is 7.05 Å². The van der Waals surface area contributed by atoms with Gasteiger partial charge in [-0.05, 0) is 44.9 Å². The summed E-state index contributed by atoms with van der Waals surface area (Å²) in [6.45, 7) is 7.77. The van der Waals surface area contributed by atoms with E-state index in [2.05, 4.69) is 23.3 Å². The molecule has 0 unspecified atom stereocenters. The molecular formula is C17H17N2O2. The van der Waals surface area contributed by atoms with Crippen LogP contribution in [-0.2, 0) is 7.05 Å². The zero-order chi connectivity index (χ0) is 15.3. The number of aromatic nitrogens is 2. The van der Waals surface area contributed by atoms with E-state index < -0.39 is 0 Å². The summed E-state index contributed by atoms with van der Waals surface area (Å²) < 4.78 is 7.23. The van der Waals surface area contributed by atoms with Crippen LogP contribution in [0.15, 0.2) is 21.3 Å². The Balaban J connectivity index is 2.46.